The van der Waals surface area contributed by atoms with Gasteiger partial charge >= 0.3 is 23.7 Å². The summed E-state index contributed by atoms with van der Waals surface area (Å²) in [5.41, 5.74) is 2.83. The van der Waals surface area contributed by atoms with E-state index in [4.69, 9.17) is 13.9 Å². The SMILES string of the molecule is CC(C)(C)OC(=O)CN(CCNC(=O)OCC1c2ccccc2-c2ccccc21)C(=O)Cn1cnc2c(=O)oc(NC(=O)c3ccccc3)nc21. The van der Waals surface area contributed by atoms with Crippen LogP contribution in [0.25, 0.3) is 22.3 Å². The summed E-state index contributed by atoms with van der Waals surface area (Å²) in [6, 6.07) is 23.9. The lowest BCUT2D eigenvalue weighted by atomic mass is 9.98. The fraction of sp³-hybridized carbons (Fsp3) is 0.270. The summed E-state index contributed by atoms with van der Waals surface area (Å²) in [5.74, 6) is -1.89. The molecule has 2 heterocycles. The van der Waals surface area contributed by atoms with Crippen LogP contribution in [-0.2, 0) is 25.6 Å². The van der Waals surface area contributed by atoms with Gasteiger partial charge in [0.15, 0.2) is 11.2 Å². The van der Waals surface area contributed by atoms with Crippen molar-refractivity contribution in [1.29, 1.82) is 0 Å². The zero-order chi connectivity index (χ0) is 36.1. The first-order chi connectivity index (χ1) is 24.5. The third kappa shape index (κ3) is 8.12. The molecule has 0 saturated carbocycles. The van der Waals surface area contributed by atoms with Gasteiger partial charge in [-0.3, -0.25) is 19.7 Å². The Balaban J connectivity index is 1.11. The summed E-state index contributed by atoms with van der Waals surface area (Å²) in [5, 5.41) is 5.11. The molecule has 3 aromatic carbocycles. The van der Waals surface area contributed by atoms with Crippen LogP contribution in [0.5, 0.6) is 0 Å². The summed E-state index contributed by atoms with van der Waals surface area (Å²) in [6.07, 6.45) is 0.554. The lowest BCUT2D eigenvalue weighted by molar-refractivity contribution is -0.159. The number of nitrogens with zero attached hydrogens (tertiary/aromatic N) is 4. The Morgan fingerprint density at radius 2 is 1.57 bits per heavy atom. The lowest BCUT2D eigenvalue weighted by Crippen LogP contribution is -2.44. The van der Waals surface area contributed by atoms with Gasteiger partial charge in [0.25, 0.3) is 5.91 Å². The molecular formula is C37H36N6O8. The Labute approximate surface area is 292 Å². The normalized spacial score (nSPS) is 12.1. The van der Waals surface area contributed by atoms with Crippen LogP contribution < -0.4 is 16.3 Å². The molecule has 0 saturated heterocycles. The number of carbonyl (C=O) groups is 4. The highest BCUT2D eigenvalue weighted by atomic mass is 16.6. The Kier molecular flexibility index (Phi) is 9.93. The van der Waals surface area contributed by atoms with Crippen LogP contribution in [0.3, 0.4) is 0 Å². The second-order valence-electron chi connectivity index (χ2n) is 12.8. The van der Waals surface area contributed by atoms with Gasteiger partial charge < -0.3 is 28.7 Å². The minimum absolute atomic E-state index is 0.0167. The molecule has 0 atom stereocenters. The molecule has 6 rings (SSSR count). The van der Waals surface area contributed by atoms with E-state index < -0.39 is 41.6 Å². The van der Waals surface area contributed by atoms with E-state index in [-0.39, 0.29) is 49.3 Å². The van der Waals surface area contributed by atoms with Crippen molar-refractivity contribution in [2.24, 2.45) is 0 Å². The summed E-state index contributed by atoms with van der Waals surface area (Å²) in [4.78, 5) is 74.0. The third-order valence-corrected chi connectivity index (χ3v) is 8.05. The van der Waals surface area contributed by atoms with Crippen molar-refractivity contribution in [3.05, 3.63) is 112 Å². The van der Waals surface area contributed by atoms with Gasteiger partial charge in [-0.2, -0.15) is 4.98 Å². The highest BCUT2D eigenvalue weighted by Crippen LogP contribution is 2.44. The van der Waals surface area contributed by atoms with E-state index in [0.717, 1.165) is 22.3 Å². The second-order valence-corrected chi connectivity index (χ2v) is 12.8. The third-order valence-electron chi connectivity index (χ3n) is 8.05. The minimum Gasteiger partial charge on any atom is -0.459 e. The molecule has 0 spiro atoms. The summed E-state index contributed by atoms with van der Waals surface area (Å²) < 4.78 is 17.5. The van der Waals surface area contributed by atoms with Gasteiger partial charge in [-0.05, 0) is 55.2 Å². The molecule has 1 aliphatic carbocycles. The smallest absolute Gasteiger partial charge is 0.407 e. The molecule has 0 radical (unpaired) electrons. The van der Waals surface area contributed by atoms with E-state index in [9.17, 15) is 24.0 Å². The Morgan fingerprint density at radius 1 is 0.922 bits per heavy atom. The number of ether oxygens (including phenoxy) is 2. The number of hydrogen-bond acceptors (Lipinski definition) is 10. The van der Waals surface area contributed by atoms with E-state index in [1.165, 1.54) is 15.8 Å². The number of esters is 1. The van der Waals surface area contributed by atoms with E-state index in [1.807, 2.05) is 48.5 Å². The van der Waals surface area contributed by atoms with Crippen LogP contribution in [0, 0.1) is 0 Å². The van der Waals surface area contributed by atoms with Crippen LogP contribution in [0.4, 0.5) is 10.8 Å². The standard InChI is InChI=1S/C37H36N6O8/c1-37(2,3)51-30(45)20-42(18-17-38-36(48)49-21-28-26-15-9-7-13-24(26)25-14-8-10-16-27(25)28)29(44)19-43-22-39-31-32(43)40-35(50-34(31)47)41-33(46)23-11-5-4-6-12-23/h4-16,22,28H,17-21H2,1-3H3,(H,38,48)(H,40,41,46). The van der Waals surface area contributed by atoms with Gasteiger partial charge in [0.2, 0.25) is 5.91 Å². The van der Waals surface area contributed by atoms with Crippen LogP contribution in [0.15, 0.2) is 94.4 Å². The average molecular weight is 693 g/mol. The molecule has 0 bridgehead atoms. The first-order valence-corrected chi connectivity index (χ1v) is 16.3. The molecule has 2 N–H and O–H groups in total. The van der Waals surface area contributed by atoms with Crippen LogP contribution >= 0.6 is 0 Å². The number of rotatable bonds is 11. The number of carbonyl (C=O) groups excluding carboxylic acids is 4. The minimum atomic E-state index is -0.868. The number of hydrogen-bond donors (Lipinski definition) is 2. The molecule has 0 aliphatic heterocycles. The first kappa shape index (κ1) is 34.5. The number of alkyl carbamates (subject to hydrolysis) is 1. The monoisotopic (exact) mass is 692 g/mol. The summed E-state index contributed by atoms with van der Waals surface area (Å²) in [6.45, 7) is 4.34. The maximum atomic E-state index is 13.6. The van der Waals surface area contributed by atoms with E-state index in [1.54, 1.807) is 51.1 Å². The van der Waals surface area contributed by atoms with Gasteiger partial charge in [0, 0.05) is 24.6 Å². The van der Waals surface area contributed by atoms with Crippen LogP contribution in [0.2, 0.25) is 0 Å². The summed E-state index contributed by atoms with van der Waals surface area (Å²) >= 11 is 0. The second kappa shape index (κ2) is 14.7. The van der Waals surface area contributed by atoms with Crippen molar-refractivity contribution in [1.82, 2.24) is 24.8 Å². The maximum Gasteiger partial charge on any atom is 0.407 e. The van der Waals surface area contributed by atoms with Gasteiger partial charge in [0.05, 0.1) is 6.33 Å². The number of imidazole rings is 1. The van der Waals surface area contributed by atoms with E-state index >= 15 is 0 Å². The van der Waals surface area contributed by atoms with Crippen molar-refractivity contribution < 1.29 is 33.1 Å². The molecule has 262 valence electrons. The molecule has 2 aromatic heterocycles. The predicted molar refractivity (Wildman–Crippen MR) is 186 cm³/mol. The Hall–Kier alpha value is -6.31. The fourth-order valence-electron chi connectivity index (χ4n) is 5.83. The number of aromatic nitrogens is 3. The van der Waals surface area contributed by atoms with Gasteiger partial charge in [-0.15, -0.1) is 0 Å². The van der Waals surface area contributed by atoms with Crippen molar-refractivity contribution in [2.75, 3.05) is 31.6 Å². The summed E-state index contributed by atoms with van der Waals surface area (Å²) in [7, 11) is 0. The number of amides is 3. The number of nitrogens with one attached hydrogen (secondary N) is 2. The Morgan fingerprint density at radius 3 is 2.24 bits per heavy atom. The fourth-order valence-corrected chi connectivity index (χ4v) is 5.83. The predicted octanol–water partition coefficient (Wildman–Crippen LogP) is 4.35. The lowest BCUT2D eigenvalue weighted by Gasteiger charge is -2.25. The Bertz CT molecular complexity index is 2110. The van der Waals surface area contributed by atoms with Crippen molar-refractivity contribution >= 4 is 41.1 Å². The number of fused-ring (bicyclic) bond motifs is 4. The van der Waals surface area contributed by atoms with Gasteiger partial charge in [-0.25, -0.2) is 14.6 Å². The molecule has 14 nitrogen and oxygen atoms in total. The highest BCUT2D eigenvalue weighted by Gasteiger charge is 2.29. The van der Waals surface area contributed by atoms with Gasteiger partial charge in [-0.1, -0.05) is 66.7 Å². The quantitative estimate of drug-likeness (QED) is 0.190. The largest absolute Gasteiger partial charge is 0.459 e. The zero-order valence-electron chi connectivity index (χ0n) is 28.3. The number of anilines is 1. The molecule has 14 heteroatoms. The molecule has 0 unspecified atom stereocenters. The van der Waals surface area contributed by atoms with Gasteiger partial charge in [0.1, 0.15) is 25.3 Å². The maximum absolute atomic E-state index is 13.6. The van der Waals surface area contributed by atoms with Crippen LogP contribution in [-0.4, -0.2) is 75.2 Å². The van der Waals surface area contributed by atoms with E-state index in [0.29, 0.717) is 5.56 Å². The van der Waals surface area contributed by atoms with Crippen molar-refractivity contribution in [3.63, 3.8) is 0 Å². The highest BCUT2D eigenvalue weighted by molar-refractivity contribution is 6.03. The van der Waals surface area contributed by atoms with E-state index in [2.05, 4.69) is 20.6 Å². The number of benzene rings is 3. The topological polar surface area (TPSA) is 175 Å². The molecule has 51 heavy (non-hydrogen) atoms. The average Bonchev–Trinajstić information content (AvgIpc) is 3.65. The molecule has 3 amide bonds. The molecule has 0 fully saturated rings. The molecule has 5 aromatic rings. The first-order valence-electron chi connectivity index (χ1n) is 16.3. The molecular weight excluding hydrogens is 656 g/mol. The van der Waals surface area contributed by atoms with Crippen LogP contribution in [0.1, 0.15) is 48.2 Å². The van der Waals surface area contributed by atoms with Crippen molar-refractivity contribution in [2.45, 2.75) is 38.8 Å². The zero-order valence-corrected chi connectivity index (χ0v) is 28.3. The van der Waals surface area contributed by atoms with Crippen molar-refractivity contribution in [3.8, 4) is 11.1 Å². The molecule has 1 aliphatic rings.